The Morgan fingerprint density at radius 3 is 2.83 bits per heavy atom. The molecule has 0 aromatic carbocycles. The van der Waals surface area contributed by atoms with E-state index in [9.17, 15) is 4.79 Å². The minimum atomic E-state index is -0.0826. The average Bonchev–Trinajstić information content (AvgIpc) is 2.51. The normalized spacial score (nSPS) is 11.2. The molecule has 1 rings (SSSR count). The zero-order valence-corrected chi connectivity index (χ0v) is 14.2. The second-order valence-corrected chi connectivity index (χ2v) is 4.85. The van der Waals surface area contributed by atoms with Gasteiger partial charge in [-0.1, -0.05) is 6.07 Å². The number of hydrogen-bond acceptors (Lipinski definition) is 4. The molecule has 0 fully saturated rings. The standard InChI is InChI=1S/C16H27N5O2/c1-4-17-16(19-11-12-23-5-2)18-10-9-15(22)21-14-8-6-7-13(3)20-14/h6-8H,4-5,9-12H2,1-3H3,(H2,17,18,19)(H,20,21,22). The Balaban J connectivity index is 2.32. The predicted molar refractivity (Wildman–Crippen MR) is 92.7 cm³/mol. The number of aliphatic imine (C=N–C) groups is 1. The molecular formula is C16H27N5O2. The van der Waals surface area contributed by atoms with E-state index in [-0.39, 0.29) is 5.91 Å². The Hall–Kier alpha value is -2.15. The van der Waals surface area contributed by atoms with Crippen molar-refractivity contribution in [2.75, 3.05) is 38.2 Å². The molecule has 0 unspecified atom stereocenters. The Bertz CT molecular complexity index is 505. The van der Waals surface area contributed by atoms with E-state index in [1.165, 1.54) is 0 Å². The van der Waals surface area contributed by atoms with Crippen molar-refractivity contribution in [3.8, 4) is 0 Å². The van der Waals surface area contributed by atoms with Crippen molar-refractivity contribution in [2.45, 2.75) is 27.2 Å². The summed E-state index contributed by atoms with van der Waals surface area (Å²) in [5.41, 5.74) is 0.872. The van der Waals surface area contributed by atoms with Crippen LogP contribution in [-0.4, -0.2) is 49.7 Å². The summed E-state index contributed by atoms with van der Waals surface area (Å²) < 4.78 is 5.25. The summed E-state index contributed by atoms with van der Waals surface area (Å²) in [6.07, 6.45) is 0.339. The fraction of sp³-hybridized carbons (Fsp3) is 0.562. The van der Waals surface area contributed by atoms with Gasteiger partial charge in [-0.15, -0.1) is 0 Å². The van der Waals surface area contributed by atoms with E-state index < -0.39 is 0 Å². The lowest BCUT2D eigenvalue weighted by Gasteiger charge is -2.11. The molecule has 7 nitrogen and oxygen atoms in total. The molecule has 1 aromatic heterocycles. The Morgan fingerprint density at radius 2 is 2.13 bits per heavy atom. The number of anilines is 1. The number of amides is 1. The molecule has 0 aliphatic rings. The number of nitrogens with one attached hydrogen (secondary N) is 3. The molecule has 128 valence electrons. The van der Waals surface area contributed by atoms with E-state index in [2.05, 4.69) is 25.9 Å². The Labute approximate surface area is 137 Å². The molecule has 1 amide bonds. The minimum Gasteiger partial charge on any atom is -0.380 e. The monoisotopic (exact) mass is 321 g/mol. The van der Waals surface area contributed by atoms with Crippen molar-refractivity contribution in [3.63, 3.8) is 0 Å². The zero-order valence-electron chi connectivity index (χ0n) is 14.2. The van der Waals surface area contributed by atoms with E-state index in [1.54, 1.807) is 6.07 Å². The summed E-state index contributed by atoms with van der Waals surface area (Å²) >= 11 is 0. The Morgan fingerprint density at radius 1 is 1.30 bits per heavy atom. The van der Waals surface area contributed by atoms with Crippen molar-refractivity contribution >= 4 is 17.7 Å². The number of rotatable bonds is 9. The fourth-order valence-corrected chi connectivity index (χ4v) is 1.82. The van der Waals surface area contributed by atoms with E-state index in [0.29, 0.717) is 44.5 Å². The third-order valence-electron chi connectivity index (χ3n) is 2.85. The van der Waals surface area contributed by atoms with Crippen molar-refractivity contribution < 1.29 is 9.53 Å². The lowest BCUT2D eigenvalue weighted by molar-refractivity contribution is -0.116. The highest BCUT2D eigenvalue weighted by Crippen LogP contribution is 2.03. The van der Waals surface area contributed by atoms with Gasteiger partial charge in [0.1, 0.15) is 5.82 Å². The van der Waals surface area contributed by atoms with Crippen LogP contribution in [0.4, 0.5) is 5.82 Å². The summed E-state index contributed by atoms with van der Waals surface area (Å²) in [7, 11) is 0. The number of hydrogen-bond donors (Lipinski definition) is 3. The largest absolute Gasteiger partial charge is 0.380 e. The number of carbonyl (C=O) groups excluding carboxylic acids is 1. The average molecular weight is 321 g/mol. The maximum absolute atomic E-state index is 11.9. The third-order valence-corrected chi connectivity index (χ3v) is 2.85. The number of guanidine groups is 1. The number of carbonyl (C=O) groups is 1. The topological polar surface area (TPSA) is 87.6 Å². The molecule has 0 spiro atoms. The van der Waals surface area contributed by atoms with Gasteiger partial charge in [0.15, 0.2) is 5.96 Å². The summed E-state index contributed by atoms with van der Waals surface area (Å²) in [6.45, 7) is 8.96. The smallest absolute Gasteiger partial charge is 0.227 e. The van der Waals surface area contributed by atoms with E-state index in [4.69, 9.17) is 4.74 Å². The van der Waals surface area contributed by atoms with Crippen LogP contribution in [0.3, 0.4) is 0 Å². The van der Waals surface area contributed by atoms with Crippen LogP contribution in [0.25, 0.3) is 0 Å². The van der Waals surface area contributed by atoms with Gasteiger partial charge < -0.3 is 20.7 Å². The zero-order chi connectivity index (χ0) is 16.9. The van der Waals surface area contributed by atoms with Crippen molar-refractivity contribution in [3.05, 3.63) is 23.9 Å². The summed E-state index contributed by atoms with van der Waals surface area (Å²) in [5.74, 6) is 1.18. The summed E-state index contributed by atoms with van der Waals surface area (Å²) in [4.78, 5) is 20.5. The second kappa shape index (κ2) is 11.4. The molecule has 0 radical (unpaired) electrons. The van der Waals surface area contributed by atoms with E-state index >= 15 is 0 Å². The van der Waals surface area contributed by atoms with Crippen LogP contribution in [0.2, 0.25) is 0 Å². The van der Waals surface area contributed by atoms with Crippen LogP contribution in [0.15, 0.2) is 23.2 Å². The van der Waals surface area contributed by atoms with Gasteiger partial charge in [0.05, 0.1) is 13.2 Å². The maximum Gasteiger partial charge on any atom is 0.227 e. The quantitative estimate of drug-likeness (QED) is 0.363. The highest BCUT2D eigenvalue weighted by Gasteiger charge is 2.04. The molecule has 0 aliphatic heterocycles. The highest BCUT2D eigenvalue weighted by atomic mass is 16.5. The van der Waals surface area contributed by atoms with Gasteiger partial charge in [-0.25, -0.2) is 4.98 Å². The van der Waals surface area contributed by atoms with Crippen molar-refractivity contribution in [1.29, 1.82) is 0 Å². The van der Waals surface area contributed by atoms with E-state index in [1.807, 2.05) is 32.9 Å². The number of aryl methyl sites for hydroxylation is 1. The number of pyridine rings is 1. The lowest BCUT2D eigenvalue weighted by Crippen LogP contribution is -2.39. The SMILES string of the molecule is CCNC(=NCCOCC)NCCC(=O)Nc1cccc(C)n1. The first-order valence-electron chi connectivity index (χ1n) is 7.99. The molecule has 1 heterocycles. The van der Waals surface area contributed by atoms with Gasteiger partial charge in [0.2, 0.25) is 5.91 Å². The maximum atomic E-state index is 11.9. The molecular weight excluding hydrogens is 294 g/mol. The molecule has 0 atom stereocenters. The molecule has 0 aliphatic carbocycles. The van der Waals surface area contributed by atoms with Gasteiger partial charge in [0.25, 0.3) is 0 Å². The van der Waals surface area contributed by atoms with Crippen LogP contribution in [0.5, 0.6) is 0 Å². The first-order valence-corrected chi connectivity index (χ1v) is 7.99. The van der Waals surface area contributed by atoms with Crippen LogP contribution in [-0.2, 0) is 9.53 Å². The first kappa shape index (κ1) is 18.9. The fourth-order valence-electron chi connectivity index (χ4n) is 1.82. The number of aromatic nitrogens is 1. The molecule has 3 N–H and O–H groups in total. The Kier molecular flexibility index (Phi) is 9.38. The molecule has 1 aromatic rings. The first-order chi connectivity index (χ1) is 11.2. The van der Waals surface area contributed by atoms with Gasteiger partial charge in [0, 0.05) is 31.8 Å². The molecule has 23 heavy (non-hydrogen) atoms. The van der Waals surface area contributed by atoms with Crippen LogP contribution >= 0.6 is 0 Å². The van der Waals surface area contributed by atoms with Gasteiger partial charge >= 0.3 is 0 Å². The minimum absolute atomic E-state index is 0.0826. The molecule has 0 bridgehead atoms. The molecule has 7 heteroatoms. The summed E-state index contributed by atoms with van der Waals surface area (Å²) in [6, 6.07) is 5.53. The van der Waals surface area contributed by atoms with Gasteiger partial charge in [-0.3, -0.25) is 9.79 Å². The molecule has 0 saturated carbocycles. The second-order valence-electron chi connectivity index (χ2n) is 4.85. The lowest BCUT2D eigenvalue weighted by atomic mass is 10.3. The number of ether oxygens (including phenoxy) is 1. The van der Waals surface area contributed by atoms with Crippen molar-refractivity contribution in [2.24, 2.45) is 4.99 Å². The van der Waals surface area contributed by atoms with Crippen molar-refractivity contribution in [1.82, 2.24) is 15.6 Å². The number of nitrogens with zero attached hydrogens (tertiary/aromatic N) is 2. The van der Waals surface area contributed by atoms with Crippen LogP contribution in [0.1, 0.15) is 26.0 Å². The van der Waals surface area contributed by atoms with Crippen LogP contribution in [0, 0.1) is 6.92 Å². The predicted octanol–water partition coefficient (Wildman–Crippen LogP) is 1.31. The van der Waals surface area contributed by atoms with Crippen LogP contribution < -0.4 is 16.0 Å². The highest BCUT2D eigenvalue weighted by molar-refractivity contribution is 5.90. The summed E-state index contributed by atoms with van der Waals surface area (Å²) in [5, 5.41) is 9.04. The third kappa shape index (κ3) is 8.77. The van der Waals surface area contributed by atoms with Gasteiger partial charge in [-0.2, -0.15) is 0 Å². The molecule has 0 saturated heterocycles. The van der Waals surface area contributed by atoms with E-state index in [0.717, 1.165) is 12.2 Å². The van der Waals surface area contributed by atoms with Gasteiger partial charge in [-0.05, 0) is 32.9 Å².